The molecule has 0 amide bonds. The van der Waals surface area contributed by atoms with Gasteiger partial charge in [-0.25, -0.2) is 8.78 Å². The van der Waals surface area contributed by atoms with E-state index in [4.69, 9.17) is 5.73 Å². The first kappa shape index (κ1) is 11.1. The molecule has 0 radical (unpaired) electrons. The third-order valence-corrected chi connectivity index (χ3v) is 2.39. The molecular formula is C11H15F2N. The highest BCUT2D eigenvalue weighted by Gasteiger charge is 2.13. The molecule has 1 unspecified atom stereocenters. The summed E-state index contributed by atoms with van der Waals surface area (Å²) in [5.41, 5.74) is 6.89. The molecule has 3 heteroatoms. The number of rotatable bonds is 3. The number of halogens is 2. The summed E-state index contributed by atoms with van der Waals surface area (Å²) < 4.78 is 26.3. The van der Waals surface area contributed by atoms with Crippen LogP contribution in [0, 0.1) is 11.6 Å². The minimum absolute atomic E-state index is 0.282. The van der Waals surface area contributed by atoms with E-state index in [1.165, 1.54) is 6.07 Å². The summed E-state index contributed by atoms with van der Waals surface area (Å²) in [6.45, 7) is 3.73. The lowest BCUT2D eigenvalue weighted by Crippen LogP contribution is -2.13. The lowest BCUT2D eigenvalue weighted by atomic mass is 9.97. The lowest BCUT2D eigenvalue weighted by Gasteiger charge is -2.14. The van der Waals surface area contributed by atoms with Crippen LogP contribution in [0.3, 0.4) is 0 Å². The van der Waals surface area contributed by atoms with Gasteiger partial charge in [0.25, 0.3) is 0 Å². The second-order valence-electron chi connectivity index (χ2n) is 3.32. The van der Waals surface area contributed by atoms with E-state index >= 15 is 0 Å². The predicted molar refractivity (Wildman–Crippen MR) is 53.0 cm³/mol. The fourth-order valence-corrected chi connectivity index (χ4v) is 1.55. The summed E-state index contributed by atoms with van der Waals surface area (Å²) >= 11 is 0. The van der Waals surface area contributed by atoms with E-state index in [0.29, 0.717) is 24.0 Å². The first-order chi connectivity index (χ1) is 6.60. The zero-order valence-electron chi connectivity index (χ0n) is 8.48. The Kier molecular flexibility index (Phi) is 3.58. The molecule has 0 spiro atoms. The Hall–Kier alpha value is -0.960. The molecule has 0 aliphatic rings. The minimum Gasteiger partial charge on any atom is -0.324 e. The fraction of sp³-hybridized carbons (Fsp3) is 0.455. The zero-order chi connectivity index (χ0) is 10.7. The molecule has 0 bridgehead atoms. The Morgan fingerprint density at radius 1 is 1.29 bits per heavy atom. The highest BCUT2D eigenvalue weighted by atomic mass is 19.1. The van der Waals surface area contributed by atoms with Gasteiger partial charge in [-0.15, -0.1) is 0 Å². The summed E-state index contributed by atoms with van der Waals surface area (Å²) in [7, 11) is 0. The highest BCUT2D eigenvalue weighted by molar-refractivity contribution is 5.32. The van der Waals surface area contributed by atoms with Crippen molar-refractivity contribution in [3.63, 3.8) is 0 Å². The number of hydrogen-bond donors (Lipinski definition) is 1. The molecule has 1 atom stereocenters. The SMILES string of the molecule is CCc1c(F)cc(F)cc1C(N)CC. The predicted octanol–water partition coefficient (Wildman–Crippen LogP) is 2.94. The van der Waals surface area contributed by atoms with E-state index < -0.39 is 11.6 Å². The van der Waals surface area contributed by atoms with Crippen LogP contribution in [0.5, 0.6) is 0 Å². The van der Waals surface area contributed by atoms with Gasteiger partial charge in [-0.3, -0.25) is 0 Å². The van der Waals surface area contributed by atoms with Gasteiger partial charge < -0.3 is 5.73 Å². The van der Waals surface area contributed by atoms with Crippen molar-refractivity contribution in [2.45, 2.75) is 32.7 Å². The van der Waals surface area contributed by atoms with Crippen molar-refractivity contribution < 1.29 is 8.78 Å². The molecule has 1 nitrogen and oxygen atoms in total. The molecule has 2 N–H and O–H groups in total. The molecule has 0 aliphatic carbocycles. The van der Waals surface area contributed by atoms with E-state index in [2.05, 4.69) is 0 Å². The van der Waals surface area contributed by atoms with Gasteiger partial charge in [0.15, 0.2) is 0 Å². The minimum atomic E-state index is -0.557. The normalized spacial score (nSPS) is 12.9. The van der Waals surface area contributed by atoms with E-state index in [0.717, 1.165) is 6.07 Å². The van der Waals surface area contributed by atoms with Crippen molar-refractivity contribution in [2.24, 2.45) is 5.73 Å². The Morgan fingerprint density at radius 3 is 2.43 bits per heavy atom. The molecule has 0 aromatic heterocycles. The van der Waals surface area contributed by atoms with Crippen molar-refractivity contribution in [3.05, 3.63) is 34.9 Å². The summed E-state index contributed by atoms with van der Waals surface area (Å²) in [5, 5.41) is 0. The molecular weight excluding hydrogens is 184 g/mol. The lowest BCUT2D eigenvalue weighted by molar-refractivity contribution is 0.558. The van der Waals surface area contributed by atoms with Gasteiger partial charge in [0, 0.05) is 12.1 Å². The summed E-state index contributed by atoms with van der Waals surface area (Å²) in [6, 6.07) is 1.95. The van der Waals surface area contributed by atoms with Crippen molar-refractivity contribution >= 4 is 0 Å². The van der Waals surface area contributed by atoms with Crippen molar-refractivity contribution in [2.75, 3.05) is 0 Å². The Morgan fingerprint density at radius 2 is 1.93 bits per heavy atom. The molecule has 0 fully saturated rings. The number of benzene rings is 1. The highest BCUT2D eigenvalue weighted by Crippen LogP contribution is 2.23. The maximum absolute atomic E-state index is 13.3. The van der Waals surface area contributed by atoms with Crippen LogP contribution in [0.1, 0.15) is 37.4 Å². The molecule has 0 saturated carbocycles. The molecule has 0 aliphatic heterocycles. The van der Waals surface area contributed by atoms with Crippen LogP contribution >= 0.6 is 0 Å². The second-order valence-corrected chi connectivity index (χ2v) is 3.32. The van der Waals surface area contributed by atoms with Gasteiger partial charge in [-0.1, -0.05) is 13.8 Å². The summed E-state index contributed by atoms with van der Waals surface area (Å²) in [6.07, 6.45) is 1.21. The molecule has 1 aromatic carbocycles. The monoisotopic (exact) mass is 199 g/mol. The van der Waals surface area contributed by atoms with Crippen LogP contribution in [-0.4, -0.2) is 0 Å². The summed E-state index contributed by atoms with van der Waals surface area (Å²) in [5.74, 6) is -1.05. The van der Waals surface area contributed by atoms with Gasteiger partial charge >= 0.3 is 0 Å². The van der Waals surface area contributed by atoms with Gasteiger partial charge in [-0.05, 0) is 30.0 Å². The van der Waals surface area contributed by atoms with E-state index in [1.807, 2.05) is 13.8 Å². The fourth-order valence-electron chi connectivity index (χ4n) is 1.55. The molecule has 1 aromatic rings. The average Bonchev–Trinajstić information content (AvgIpc) is 2.15. The first-order valence-corrected chi connectivity index (χ1v) is 4.83. The molecule has 0 saturated heterocycles. The maximum atomic E-state index is 13.3. The molecule has 1 rings (SSSR count). The Labute approximate surface area is 82.9 Å². The van der Waals surface area contributed by atoms with Crippen LogP contribution in [0.25, 0.3) is 0 Å². The third kappa shape index (κ3) is 2.10. The van der Waals surface area contributed by atoms with Crippen molar-refractivity contribution in [3.8, 4) is 0 Å². The zero-order valence-corrected chi connectivity index (χ0v) is 8.48. The third-order valence-electron chi connectivity index (χ3n) is 2.39. The molecule has 14 heavy (non-hydrogen) atoms. The second kappa shape index (κ2) is 4.51. The van der Waals surface area contributed by atoms with Crippen molar-refractivity contribution in [1.82, 2.24) is 0 Å². The van der Waals surface area contributed by atoms with E-state index in [1.54, 1.807) is 0 Å². The van der Waals surface area contributed by atoms with Crippen LogP contribution in [0.2, 0.25) is 0 Å². The molecule has 78 valence electrons. The van der Waals surface area contributed by atoms with Gasteiger partial charge in [0.2, 0.25) is 0 Å². The summed E-state index contributed by atoms with van der Waals surface area (Å²) in [4.78, 5) is 0. The Balaban J connectivity index is 3.24. The average molecular weight is 199 g/mol. The molecule has 0 heterocycles. The van der Waals surface area contributed by atoms with Gasteiger partial charge in [0.05, 0.1) is 0 Å². The van der Waals surface area contributed by atoms with Crippen molar-refractivity contribution in [1.29, 1.82) is 0 Å². The van der Waals surface area contributed by atoms with Crippen LogP contribution in [0.15, 0.2) is 12.1 Å². The van der Waals surface area contributed by atoms with Gasteiger partial charge in [-0.2, -0.15) is 0 Å². The van der Waals surface area contributed by atoms with Crippen LogP contribution in [-0.2, 0) is 6.42 Å². The van der Waals surface area contributed by atoms with E-state index in [9.17, 15) is 8.78 Å². The van der Waals surface area contributed by atoms with Crippen LogP contribution < -0.4 is 5.73 Å². The first-order valence-electron chi connectivity index (χ1n) is 4.83. The maximum Gasteiger partial charge on any atom is 0.129 e. The topological polar surface area (TPSA) is 26.0 Å². The quantitative estimate of drug-likeness (QED) is 0.795. The van der Waals surface area contributed by atoms with E-state index in [-0.39, 0.29) is 6.04 Å². The van der Waals surface area contributed by atoms with Gasteiger partial charge in [0.1, 0.15) is 11.6 Å². The number of hydrogen-bond acceptors (Lipinski definition) is 1. The standard InChI is InChI=1S/C11H15F2N/c1-3-8-9(11(14)4-2)5-7(12)6-10(8)13/h5-6,11H,3-4,14H2,1-2H3. The largest absolute Gasteiger partial charge is 0.324 e. The number of nitrogens with two attached hydrogens (primary N) is 1. The smallest absolute Gasteiger partial charge is 0.129 e. The Bertz CT molecular complexity index is 323. The van der Waals surface area contributed by atoms with Crippen LogP contribution in [0.4, 0.5) is 8.78 Å².